The Morgan fingerprint density at radius 3 is 2.74 bits per heavy atom. The van der Waals surface area contributed by atoms with Crippen molar-refractivity contribution < 1.29 is 10.2 Å². The first-order valence-electron chi connectivity index (χ1n) is 8.46. The normalized spacial score (nSPS) is 26.7. The van der Waals surface area contributed by atoms with Crippen molar-refractivity contribution in [3.05, 3.63) is 65.2 Å². The lowest BCUT2D eigenvalue weighted by atomic mass is 9.60. The van der Waals surface area contributed by atoms with Crippen LogP contribution in [0, 0.1) is 0 Å². The molecule has 0 unspecified atom stereocenters. The van der Waals surface area contributed by atoms with E-state index in [1.807, 2.05) is 6.07 Å². The van der Waals surface area contributed by atoms with Crippen LogP contribution in [-0.2, 0) is 11.8 Å². The Balaban J connectivity index is 1.85. The number of aliphatic hydroxyl groups is 1. The summed E-state index contributed by atoms with van der Waals surface area (Å²) in [5.74, 6) is 0.357. The van der Waals surface area contributed by atoms with Crippen LogP contribution in [0.3, 0.4) is 0 Å². The Bertz CT molecular complexity index is 700. The molecule has 1 aliphatic carbocycles. The van der Waals surface area contributed by atoms with Gasteiger partial charge in [-0.25, -0.2) is 0 Å². The lowest BCUT2D eigenvalue weighted by molar-refractivity contribution is 0.0770. The molecule has 1 fully saturated rings. The average Bonchev–Trinajstić information content (AvgIpc) is 2.59. The molecule has 2 aromatic rings. The molecule has 2 aliphatic rings. The zero-order chi connectivity index (χ0) is 15.9. The average molecular weight is 309 g/mol. The fraction of sp³-hybridized carbons (Fsp3) is 0.400. The van der Waals surface area contributed by atoms with Crippen molar-refractivity contribution in [3.63, 3.8) is 0 Å². The van der Waals surface area contributed by atoms with E-state index in [0.29, 0.717) is 11.8 Å². The van der Waals surface area contributed by atoms with E-state index in [2.05, 4.69) is 41.3 Å². The summed E-state index contributed by atoms with van der Waals surface area (Å²) < 4.78 is 0. The molecule has 1 heterocycles. The summed E-state index contributed by atoms with van der Waals surface area (Å²) in [6.45, 7) is 1.97. The molecule has 2 N–H and O–H groups in total. The predicted octanol–water partition coefficient (Wildman–Crippen LogP) is 2.69. The Morgan fingerprint density at radius 2 is 1.96 bits per heavy atom. The fourth-order valence-electron chi connectivity index (χ4n) is 4.64. The SMILES string of the molecule is OCCN1CC[C@@]2(c3ccccc3)C[C@H]1Cc1ccc(O)cc12. The first-order chi connectivity index (χ1) is 11.2. The van der Waals surface area contributed by atoms with Gasteiger partial charge in [0.2, 0.25) is 0 Å². The molecule has 3 nitrogen and oxygen atoms in total. The second kappa shape index (κ2) is 5.66. The highest BCUT2D eigenvalue weighted by Gasteiger charge is 2.46. The van der Waals surface area contributed by atoms with Crippen molar-refractivity contribution >= 4 is 0 Å². The van der Waals surface area contributed by atoms with Crippen LogP contribution in [-0.4, -0.2) is 40.9 Å². The number of nitrogens with zero attached hydrogens (tertiary/aromatic N) is 1. The molecule has 0 radical (unpaired) electrons. The minimum atomic E-state index is -0.00972. The Morgan fingerprint density at radius 1 is 1.13 bits per heavy atom. The van der Waals surface area contributed by atoms with E-state index < -0.39 is 0 Å². The molecular weight excluding hydrogens is 286 g/mol. The lowest BCUT2D eigenvalue weighted by Crippen LogP contribution is -2.54. The highest BCUT2D eigenvalue weighted by atomic mass is 16.3. The predicted molar refractivity (Wildman–Crippen MR) is 90.7 cm³/mol. The quantitative estimate of drug-likeness (QED) is 0.916. The topological polar surface area (TPSA) is 43.7 Å². The Kier molecular flexibility index (Phi) is 3.63. The molecule has 2 bridgehead atoms. The summed E-state index contributed by atoms with van der Waals surface area (Å²) in [5, 5.41) is 19.4. The summed E-state index contributed by atoms with van der Waals surface area (Å²) in [5.41, 5.74) is 3.97. The highest BCUT2D eigenvalue weighted by molar-refractivity contribution is 5.50. The molecule has 0 spiro atoms. The van der Waals surface area contributed by atoms with Crippen molar-refractivity contribution in [1.82, 2.24) is 4.90 Å². The number of hydrogen-bond acceptors (Lipinski definition) is 3. The second-order valence-corrected chi connectivity index (χ2v) is 6.86. The molecule has 23 heavy (non-hydrogen) atoms. The van der Waals surface area contributed by atoms with Gasteiger partial charge in [0.05, 0.1) is 6.61 Å². The molecule has 1 aliphatic heterocycles. The molecule has 0 saturated carbocycles. The van der Waals surface area contributed by atoms with E-state index in [1.54, 1.807) is 6.07 Å². The summed E-state index contributed by atoms with van der Waals surface area (Å²) in [6.07, 6.45) is 3.10. The first-order valence-corrected chi connectivity index (χ1v) is 8.46. The van der Waals surface area contributed by atoms with Gasteiger partial charge in [-0.3, -0.25) is 4.90 Å². The number of phenolic OH excluding ortho intramolecular Hbond substituents is 1. The van der Waals surface area contributed by atoms with Crippen molar-refractivity contribution in [1.29, 1.82) is 0 Å². The van der Waals surface area contributed by atoms with E-state index in [0.717, 1.165) is 32.4 Å². The van der Waals surface area contributed by atoms with Crippen LogP contribution in [0.15, 0.2) is 48.5 Å². The number of benzene rings is 2. The van der Waals surface area contributed by atoms with Crippen LogP contribution in [0.2, 0.25) is 0 Å². The van der Waals surface area contributed by atoms with E-state index in [-0.39, 0.29) is 12.0 Å². The molecule has 2 aromatic carbocycles. The minimum absolute atomic E-state index is 0.00972. The Labute approximate surface area is 137 Å². The summed E-state index contributed by atoms with van der Waals surface area (Å²) in [7, 11) is 0. The number of aliphatic hydroxyl groups excluding tert-OH is 1. The van der Waals surface area contributed by atoms with Crippen LogP contribution in [0.4, 0.5) is 0 Å². The van der Waals surface area contributed by atoms with Crippen LogP contribution in [0.1, 0.15) is 29.5 Å². The second-order valence-electron chi connectivity index (χ2n) is 6.86. The van der Waals surface area contributed by atoms with Crippen molar-refractivity contribution in [3.8, 4) is 5.75 Å². The first kappa shape index (κ1) is 14.7. The van der Waals surface area contributed by atoms with E-state index in [4.69, 9.17) is 0 Å². The number of likely N-dealkylation sites (tertiary alicyclic amines) is 1. The maximum atomic E-state index is 10.0. The third kappa shape index (κ3) is 2.35. The molecule has 2 atom stereocenters. The Hall–Kier alpha value is -1.84. The van der Waals surface area contributed by atoms with E-state index >= 15 is 0 Å². The number of β-amino-alcohol motifs (C(OH)–C–C–N with tert-alkyl or cyclic N) is 1. The highest BCUT2D eigenvalue weighted by Crippen LogP contribution is 2.49. The molecule has 1 saturated heterocycles. The number of aromatic hydroxyl groups is 1. The van der Waals surface area contributed by atoms with E-state index in [1.165, 1.54) is 16.7 Å². The van der Waals surface area contributed by atoms with Gasteiger partial charge in [-0.2, -0.15) is 0 Å². The maximum Gasteiger partial charge on any atom is 0.115 e. The van der Waals surface area contributed by atoms with Gasteiger partial charge in [0.1, 0.15) is 5.75 Å². The van der Waals surface area contributed by atoms with Gasteiger partial charge in [0.25, 0.3) is 0 Å². The third-order valence-electron chi connectivity index (χ3n) is 5.70. The summed E-state index contributed by atoms with van der Waals surface area (Å²) in [6, 6.07) is 17.0. The van der Waals surface area contributed by atoms with Crippen LogP contribution in [0.25, 0.3) is 0 Å². The van der Waals surface area contributed by atoms with Crippen LogP contribution >= 0.6 is 0 Å². The fourth-order valence-corrected chi connectivity index (χ4v) is 4.64. The van der Waals surface area contributed by atoms with Gasteiger partial charge in [-0.05, 0) is 54.6 Å². The van der Waals surface area contributed by atoms with E-state index in [9.17, 15) is 10.2 Å². The van der Waals surface area contributed by atoms with Crippen molar-refractivity contribution in [2.24, 2.45) is 0 Å². The number of fused-ring (bicyclic) bond motifs is 4. The largest absolute Gasteiger partial charge is 0.508 e. The van der Waals surface area contributed by atoms with Gasteiger partial charge < -0.3 is 10.2 Å². The number of phenols is 1. The van der Waals surface area contributed by atoms with Gasteiger partial charge in [0.15, 0.2) is 0 Å². The van der Waals surface area contributed by atoms with Crippen LogP contribution < -0.4 is 0 Å². The minimum Gasteiger partial charge on any atom is -0.508 e. The molecule has 3 heteroatoms. The maximum absolute atomic E-state index is 10.0. The third-order valence-corrected chi connectivity index (χ3v) is 5.70. The number of piperidine rings is 1. The number of hydrogen-bond donors (Lipinski definition) is 2. The van der Waals surface area contributed by atoms with Gasteiger partial charge in [-0.15, -0.1) is 0 Å². The molecule has 4 rings (SSSR count). The van der Waals surface area contributed by atoms with Crippen LogP contribution in [0.5, 0.6) is 5.75 Å². The zero-order valence-electron chi connectivity index (χ0n) is 13.3. The monoisotopic (exact) mass is 309 g/mol. The molecular formula is C20H23NO2. The van der Waals surface area contributed by atoms with Gasteiger partial charge in [0, 0.05) is 18.0 Å². The van der Waals surface area contributed by atoms with Crippen molar-refractivity contribution in [2.45, 2.75) is 30.7 Å². The number of rotatable bonds is 3. The van der Waals surface area contributed by atoms with Gasteiger partial charge in [-0.1, -0.05) is 36.4 Å². The van der Waals surface area contributed by atoms with Gasteiger partial charge >= 0.3 is 0 Å². The summed E-state index contributed by atoms with van der Waals surface area (Å²) >= 11 is 0. The molecule has 120 valence electrons. The summed E-state index contributed by atoms with van der Waals surface area (Å²) in [4.78, 5) is 2.43. The molecule has 0 amide bonds. The smallest absolute Gasteiger partial charge is 0.115 e. The van der Waals surface area contributed by atoms with Crippen molar-refractivity contribution in [2.75, 3.05) is 19.7 Å². The lowest BCUT2D eigenvalue weighted by Gasteiger charge is -2.51. The molecule has 0 aromatic heterocycles. The standard InChI is InChI=1S/C20H23NO2/c22-11-10-21-9-8-20(16-4-2-1-3-5-16)14-17(21)12-15-6-7-18(23)13-19(15)20/h1-7,13,17,22-23H,8-12,14H2/t17-,20+/m1/s1. The zero-order valence-corrected chi connectivity index (χ0v) is 13.3.